The number of aromatic nitrogens is 4. The molecule has 3 fully saturated rings. The predicted molar refractivity (Wildman–Crippen MR) is 132 cm³/mol. The van der Waals surface area contributed by atoms with E-state index in [0.29, 0.717) is 30.4 Å². The maximum Gasteiger partial charge on any atom is 0.227 e. The summed E-state index contributed by atoms with van der Waals surface area (Å²) in [7, 11) is 0. The van der Waals surface area contributed by atoms with E-state index in [0.717, 1.165) is 55.6 Å². The summed E-state index contributed by atoms with van der Waals surface area (Å²) in [6.45, 7) is 8.79. The van der Waals surface area contributed by atoms with Crippen molar-refractivity contribution < 1.29 is 9.84 Å². The van der Waals surface area contributed by atoms with Crippen LogP contribution in [0.1, 0.15) is 31.4 Å². The summed E-state index contributed by atoms with van der Waals surface area (Å²) < 4.78 is 7.41. The van der Waals surface area contributed by atoms with Crippen LogP contribution in [0, 0.1) is 6.92 Å². The van der Waals surface area contributed by atoms with Crippen LogP contribution >= 0.6 is 11.6 Å². The molecule has 2 N–H and O–H groups in total. The molecule has 10 heteroatoms. The van der Waals surface area contributed by atoms with Gasteiger partial charge in [0, 0.05) is 43.4 Å². The molecule has 9 nitrogen and oxygen atoms in total. The number of aliphatic hydroxyl groups is 1. The molecule has 1 aromatic carbocycles. The van der Waals surface area contributed by atoms with Crippen molar-refractivity contribution in [1.82, 2.24) is 24.6 Å². The molecule has 0 unspecified atom stereocenters. The van der Waals surface area contributed by atoms with Crippen molar-refractivity contribution in [2.45, 2.75) is 44.4 Å². The van der Waals surface area contributed by atoms with Crippen LogP contribution in [-0.2, 0) is 4.74 Å². The fraction of sp³-hybridized carbons (Fsp3) is 0.542. The van der Waals surface area contributed by atoms with Crippen molar-refractivity contribution in [3.63, 3.8) is 0 Å². The Morgan fingerprint density at radius 3 is 2.68 bits per heavy atom. The summed E-state index contributed by atoms with van der Waals surface area (Å²) in [6, 6.07) is 4.71. The highest BCUT2D eigenvalue weighted by atomic mass is 35.5. The summed E-state index contributed by atoms with van der Waals surface area (Å²) in [5, 5.41) is 19.6. The lowest BCUT2D eigenvalue weighted by molar-refractivity contribution is 0.00882. The summed E-state index contributed by atoms with van der Waals surface area (Å²) in [6.07, 6.45) is 5.39. The van der Waals surface area contributed by atoms with Gasteiger partial charge in [0.2, 0.25) is 5.95 Å². The average Bonchev–Trinajstić information content (AvgIpc) is 3.54. The van der Waals surface area contributed by atoms with E-state index in [4.69, 9.17) is 21.3 Å². The molecule has 3 aliphatic rings. The van der Waals surface area contributed by atoms with Crippen LogP contribution in [-0.4, -0.2) is 80.8 Å². The molecular weight excluding hydrogens is 454 g/mol. The lowest BCUT2D eigenvalue weighted by atomic mass is 9.95. The topological polar surface area (TPSA) is 91.6 Å². The van der Waals surface area contributed by atoms with Gasteiger partial charge in [-0.25, -0.2) is 14.6 Å². The van der Waals surface area contributed by atoms with Crippen molar-refractivity contribution in [1.29, 1.82) is 0 Å². The highest BCUT2D eigenvalue weighted by Crippen LogP contribution is 2.39. The molecule has 2 saturated heterocycles. The molecule has 34 heavy (non-hydrogen) atoms. The second-order valence-electron chi connectivity index (χ2n) is 9.90. The zero-order valence-corrected chi connectivity index (χ0v) is 20.3. The van der Waals surface area contributed by atoms with Gasteiger partial charge in [0.05, 0.1) is 48.3 Å². The van der Waals surface area contributed by atoms with E-state index >= 15 is 0 Å². The number of rotatable bonds is 5. The number of aliphatic hydroxyl groups excluding tert-OH is 1. The van der Waals surface area contributed by atoms with Crippen LogP contribution in [0.4, 0.5) is 17.3 Å². The maximum absolute atomic E-state index is 10.4. The third-order valence-corrected chi connectivity index (χ3v) is 7.88. The Bertz CT molecular complexity index is 1220. The van der Waals surface area contributed by atoms with E-state index in [2.05, 4.69) is 51.2 Å². The number of hydrogen-bond acceptors (Lipinski definition) is 8. The van der Waals surface area contributed by atoms with Crippen LogP contribution in [0.5, 0.6) is 0 Å². The number of ether oxygens (including phenoxy) is 1. The first-order chi connectivity index (χ1) is 16.4. The number of anilines is 3. The standard InChI is InChI=1S/C24H30ClN7O2/c1-15-9-16-11-26-23(29-19-12-27-32(22(19)25)17-3-4-17)28-18(16)10-20(15)30-5-7-31(8-6-30)24(2)14-34-13-21(24)33/h9-12,17,21,33H,3-8,13-14H2,1-2H3,(H,26,28,29)/t21-,24+/m1/s1. The first-order valence-corrected chi connectivity index (χ1v) is 12.3. The van der Waals surface area contributed by atoms with Crippen LogP contribution in [0.3, 0.4) is 0 Å². The van der Waals surface area contributed by atoms with E-state index < -0.39 is 6.10 Å². The third-order valence-electron chi connectivity index (χ3n) is 7.50. The van der Waals surface area contributed by atoms with Gasteiger partial charge < -0.3 is 20.1 Å². The quantitative estimate of drug-likeness (QED) is 0.572. The number of nitrogens with one attached hydrogen (secondary N) is 1. The lowest BCUT2D eigenvalue weighted by Crippen LogP contribution is -2.60. The molecule has 2 aromatic heterocycles. The fourth-order valence-electron chi connectivity index (χ4n) is 5.12. The molecule has 4 heterocycles. The van der Waals surface area contributed by atoms with Gasteiger partial charge in [-0.05, 0) is 44.4 Å². The highest BCUT2D eigenvalue weighted by molar-refractivity contribution is 6.32. The SMILES string of the molecule is Cc1cc2cnc(Nc3cnn(C4CC4)c3Cl)nc2cc1N1CCN([C@@]2(C)COC[C@H]2O)CC1. The monoisotopic (exact) mass is 483 g/mol. The molecule has 3 aromatic rings. The molecule has 1 saturated carbocycles. The second-order valence-corrected chi connectivity index (χ2v) is 10.3. The van der Waals surface area contributed by atoms with E-state index in [1.807, 2.05) is 10.9 Å². The van der Waals surface area contributed by atoms with Crippen LogP contribution in [0.15, 0.2) is 24.5 Å². The van der Waals surface area contributed by atoms with Crippen LogP contribution in [0.2, 0.25) is 5.15 Å². The van der Waals surface area contributed by atoms with Crippen LogP contribution in [0.25, 0.3) is 10.9 Å². The number of nitrogens with zero attached hydrogens (tertiary/aromatic N) is 6. The molecule has 6 rings (SSSR count). The van der Waals surface area contributed by atoms with Gasteiger partial charge in [-0.15, -0.1) is 0 Å². The fourth-order valence-corrected chi connectivity index (χ4v) is 5.40. The zero-order valence-electron chi connectivity index (χ0n) is 19.5. The molecule has 2 atom stereocenters. The normalized spacial score (nSPS) is 25.9. The third kappa shape index (κ3) is 3.80. The Kier molecular flexibility index (Phi) is 5.40. The number of fused-ring (bicyclic) bond motifs is 1. The Labute approximate surface area is 203 Å². The van der Waals surface area contributed by atoms with Gasteiger partial charge in [-0.2, -0.15) is 5.10 Å². The minimum atomic E-state index is -0.436. The lowest BCUT2D eigenvalue weighted by Gasteiger charge is -2.45. The van der Waals surface area contributed by atoms with Crippen LogP contribution < -0.4 is 10.2 Å². The van der Waals surface area contributed by atoms with Crippen molar-refractivity contribution in [3.8, 4) is 0 Å². The summed E-state index contributed by atoms with van der Waals surface area (Å²) >= 11 is 6.50. The molecule has 1 aliphatic carbocycles. The average molecular weight is 484 g/mol. The minimum Gasteiger partial charge on any atom is -0.389 e. The van der Waals surface area contributed by atoms with Gasteiger partial charge in [-0.3, -0.25) is 4.90 Å². The molecule has 0 spiro atoms. The van der Waals surface area contributed by atoms with Crippen molar-refractivity contribution in [2.75, 3.05) is 49.6 Å². The molecular formula is C24H30ClN7O2. The van der Waals surface area contributed by atoms with E-state index in [1.165, 1.54) is 11.3 Å². The van der Waals surface area contributed by atoms with Gasteiger partial charge in [0.25, 0.3) is 0 Å². The van der Waals surface area contributed by atoms with Crippen molar-refractivity contribution >= 4 is 39.8 Å². The summed E-state index contributed by atoms with van der Waals surface area (Å²) in [4.78, 5) is 14.0. The number of benzene rings is 1. The number of hydrogen-bond donors (Lipinski definition) is 2. The first kappa shape index (κ1) is 22.0. The predicted octanol–water partition coefficient (Wildman–Crippen LogP) is 3.14. The maximum atomic E-state index is 10.4. The highest BCUT2D eigenvalue weighted by Gasteiger charge is 2.44. The Balaban J connectivity index is 1.21. The van der Waals surface area contributed by atoms with E-state index in [1.54, 1.807) is 6.20 Å². The second kappa shape index (κ2) is 8.34. The van der Waals surface area contributed by atoms with Crippen molar-refractivity contribution in [3.05, 3.63) is 35.2 Å². The minimum absolute atomic E-state index is 0.299. The molecule has 0 amide bonds. The summed E-state index contributed by atoms with van der Waals surface area (Å²) in [5.41, 5.74) is 3.70. The number of aryl methyl sites for hydroxylation is 1. The van der Waals surface area contributed by atoms with Gasteiger partial charge in [0.1, 0.15) is 0 Å². The molecule has 0 bridgehead atoms. The van der Waals surface area contributed by atoms with Gasteiger partial charge >= 0.3 is 0 Å². The largest absolute Gasteiger partial charge is 0.389 e. The van der Waals surface area contributed by atoms with E-state index in [9.17, 15) is 5.11 Å². The Hall–Kier alpha value is -2.46. The number of halogens is 1. The van der Waals surface area contributed by atoms with Crippen molar-refractivity contribution in [2.24, 2.45) is 0 Å². The van der Waals surface area contributed by atoms with E-state index in [-0.39, 0.29) is 5.54 Å². The first-order valence-electron chi connectivity index (χ1n) is 12.0. The zero-order chi connectivity index (χ0) is 23.4. The summed E-state index contributed by atoms with van der Waals surface area (Å²) in [5.74, 6) is 0.507. The molecule has 180 valence electrons. The molecule has 2 aliphatic heterocycles. The molecule has 0 radical (unpaired) electrons. The smallest absolute Gasteiger partial charge is 0.227 e. The Morgan fingerprint density at radius 2 is 1.97 bits per heavy atom. The van der Waals surface area contributed by atoms with Gasteiger partial charge in [0.15, 0.2) is 5.15 Å². The Morgan fingerprint density at radius 1 is 1.18 bits per heavy atom. The van der Waals surface area contributed by atoms with Gasteiger partial charge in [-0.1, -0.05) is 11.6 Å². The number of piperazine rings is 1.